The molecule has 1 aliphatic rings. The zero-order valence-corrected chi connectivity index (χ0v) is 17.0. The molecule has 0 bridgehead atoms. The average molecular weight is 421 g/mol. The molecule has 8 heteroatoms. The number of nitrogens with zero attached hydrogens (tertiary/aromatic N) is 2. The molecule has 0 radical (unpaired) electrons. The summed E-state index contributed by atoms with van der Waals surface area (Å²) in [5.41, 5.74) is 0. The van der Waals surface area contributed by atoms with Gasteiger partial charge in [0.25, 0.3) is 0 Å². The van der Waals surface area contributed by atoms with Gasteiger partial charge in [-0.05, 0) is 54.5 Å². The molecule has 2 rings (SSSR count). The van der Waals surface area contributed by atoms with E-state index in [1.54, 1.807) is 13.1 Å². The van der Waals surface area contributed by atoms with Gasteiger partial charge in [0.1, 0.15) is 4.90 Å². The molecule has 1 aliphatic heterocycles. The standard InChI is InChI=1S/C16H25BrN2O4S/c1-5-19-8-6-12(7-9-19)18(2)24(20,21)16-11-15(23-4)14(22-3)10-13(16)17/h10-12H,5-9H2,1-4H3. The first kappa shape index (κ1) is 19.5. The van der Waals surface area contributed by atoms with Crippen LogP contribution in [-0.2, 0) is 10.0 Å². The van der Waals surface area contributed by atoms with E-state index in [0.717, 1.165) is 32.5 Å². The summed E-state index contributed by atoms with van der Waals surface area (Å²) in [4.78, 5) is 2.53. The monoisotopic (exact) mass is 420 g/mol. The van der Waals surface area contributed by atoms with Gasteiger partial charge in [0, 0.05) is 23.6 Å². The fourth-order valence-corrected chi connectivity index (χ4v) is 5.39. The molecule has 1 aromatic rings. The van der Waals surface area contributed by atoms with E-state index >= 15 is 0 Å². The van der Waals surface area contributed by atoms with Crippen LogP contribution in [0.1, 0.15) is 19.8 Å². The number of hydrogen-bond acceptors (Lipinski definition) is 5. The lowest BCUT2D eigenvalue weighted by Crippen LogP contribution is -2.45. The van der Waals surface area contributed by atoms with Crippen LogP contribution in [0.25, 0.3) is 0 Å². The third kappa shape index (κ3) is 3.87. The smallest absolute Gasteiger partial charge is 0.244 e. The zero-order chi connectivity index (χ0) is 17.9. The normalized spacial score (nSPS) is 17.2. The van der Waals surface area contributed by atoms with Gasteiger partial charge in [-0.15, -0.1) is 0 Å². The summed E-state index contributed by atoms with van der Waals surface area (Å²) in [6, 6.07) is 3.15. The van der Waals surface area contributed by atoms with Crippen molar-refractivity contribution in [3.63, 3.8) is 0 Å². The molecule has 6 nitrogen and oxygen atoms in total. The second-order valence-corrected chi connectivity index (χ2v) is 8.64. The number of rotatable bonds is 6. The van der Waals surface area contributed by atoms with Crippen LogP contribution in [0, 0.1) is 0 Å². The predicted molar refractivity (Wildman–Crippen MR) is 97.3 cm³/mol. The van der Waals surface area contributed by atoms with E-state index in [1.165, 1.54) is 24.6 Å². The van der Waals surface area contributed by atoms with Gasteiger partial charge in [0.05, 0.1) is 14.2 Å². The lowest BCUT2D eigenvalue weighted by atomic mass is 10.1. The number of piperidine rings is 1. The summed E-state index contributed by atoms with van der Waals surface area (Å²) in [6.07, 6.45) is 1.68. The number of likely N-dealkylation sites (tertiary alicyclic amines) is 1. The quantitative estimate of drug-likeness (QED) is 0.707. The van der Waals surface area contributed by atoms with Gasteiger partial charge in [-0.25, -0.2) is 8.42 Å². The van der Waals surface area contributed by atoms with Crippen LogP contribution >= 0.6 is 15.9 Å². The minimum atomic E-state index is -3.62. The largest absolute Gasteiger partial charge is 0.493 e. The molecular weight excluding hydrogens is 396 g/mol. The van der Waals surface area contributed by atoms with Crippen molar-refractivity contribution in [2.75, 3.05) is 40.9 Å². The summed E-state index contributed by atoms with van der Waals surface area (Å²) in [7, 11) is 1.05. The number of sulfonamides is 1. The highest BCUT2D eigenvalue weighted by atomic mass is 79.9. The molecule has 1 saturated heterocycles. The maximum Gasteiger partial charge on any atom is 0.244 e. The van der Waals surface area contributed by atoms with Gasteiger partial charge in [0.15, 0.2) is 11.5 Å². The number of methoxy groups -OCH3 is 2. The van der Waals surface area contributed by atoms with Crippen molar-refractivity contribution in [2.24, 2.45) is 0 Å². The van der Waals surface area contributed by atoms with Crippen molar-refractivity contribution in [3.8, 4) is 11.5 Å². The molecule has 1 fully saturated rings. The van der Waals surface area contributed by atoms with Crippen LogP contribution < -0.4 is 9.47 Å². The molecule has 0 aliphatic carbocycles. The Kier molecular flexibility index (Phi) is 6.52. The summed E-state index contributed by atoms with van der Waals surface area (Å²) >= 11 is 3.35. The Morgan fingerprint density at radius 1 is 1.21 bits per heavy atom. The second kappa shape index (κ2) is 8.03. The minimum absolute atomic E-state index is 0.0118. The van der Waals surface area contributed by atoms with E-state index in [1.807, 2.05) is 0 Å². The number of benzene rings is 1. The molecule has 0 atom stereocenters. The highest BCUT2D eigenvalue weighted by Crippen LogP contribution is 2.37. The molecule has 0 spiro atoms. The third-order valence-corrected chi connectivity index (χ3v) is 7.48. The Morgan fingerprint density at radius 3 is 2.25 bits per heavy atom. The Hall–Kier alpha value is -0.830. The van der Waals surface area contributed by atoms with Gasteiger partial charge in [-0.3, -0.25) is 0 Å². The Balaban J connectivity index is 2.30. The molecule has 24 heavy (non-hydrogen) atoms. The summed E-state index contributed by atoms with van der Waals surface area (Å²) < 4.78 is 38.5. The maximum absolute atomic E-state index is 13.1. The van der Waals surface area contributed by atoms with E-state index in [9.17, 15) is 8.42 Å². The van der Waals surface area contributed by atoms with E-state index in [2.05, 4.69) is 27.8 Å². The molecule has 0 saturated carbocycles. The first-order valence-corrected chi connectivity index (χ1v) is 10.2. The SMILES string of the molecule is CCN1CCC(N(C)S(=O)(=O)c2cc(OC)c(OC)cc2Br)CC1. The van der Waals surface area contributed by atoms with Crippen LogP contribution in [0.4, 0.5) is 0 Å². The van der Waals surface area contributed by atoms with Crippen molar-refractivity contribution in [2.45, 2.75) is 30.7 Å². The third-order valence-electron chi connectivity index (χ3n) is 4.61. The molecule has 136 valence electrons. The predicted octanol–water partition coefficient (Wildman–Crippen LogP) is 2.57. The summed E-state index contributed by atoms with van der Waals surface area (Å²) in [6.45, 7) is 4.98. The topological polar surface area (TPSA) is 59.1 Å². The Bertz CT molecular complexity index is 673. The molecule has 1 aromatic carbocycles. The van der Waals surface area contributed by atoms with Crippen molar-refractivity contribution in [1.29, 1.82) is 0 Å². The van der Waals surface area contributed by atoms with Crippen LogP contribution in [0.3, 0.4) is 0 Å². The summed E-state index contributed by atoms with van der Waals surface area (Å²) in [5, 5.41) is 0. The number of hydrogen-bond donors (Lipinski definition) is 0. The molecule has 1 heterocycles. The molecule has 0 aromatic heterocycles. The van der Waals surface area contributed by atoms with Crippen LogP contribution in [-0.4, -0.2) is 64.6 Å². The van der Waals surface area contributed by atoms with E-state index in [0.29, 0.717) is 16.0 Å². The van der Waals surface area contributed by atoms with Gasteiger partial charge in [0.2, 0.25) is 10.0 Å². The minimum Gasteiger partial charge on any atom is -0.493 e. The van der Waals surface area contributed by atoms with Gasteiger partial charge < -0.3 is 14.4 Å². The van der Waals surface area contributed by atoms with Crippen LogP contribution in [0.5, 0.6) is 11.5 Å². The van der Waals surface area contributed by atoms with Gasteiger partial charge in [-0.2, -0.15) is 4.31 Å². The van der Waals surface area contributed by atoms with Gasteiger partial charge >= 0.3 is 0 Å². The first-order chi connectivity index (χ1) is 11.3. The zero-order valence-electron chi connectivity index (χ0n) is 14.6. The number of halogens is 1. The van der Waals surface area contributed by atoms with E-state index < -0.39 is 10.0 Å². The molecule has 0 amide bonds. The van der Waals surface area contributed by atoms with Crippen LogP contribution in [0.15, 0.2) is 21.5 Å². The van der Waals surface area contributed by atoms with Crippen molar-refractivity contribution in [3.05, 3.63) is 16.6 Å². The molecule has 0 N–H and O–H groups in total. The van der Waals surface area contributed by atoms with Crippen LogP contribution in [0.2, 0.25) is 0 Å². The fourth-order valence-electron chi connectivity index (χ4n) is 2.98. The highest BCUT2D eigenvalue weighted by molar-refractivity contribution is 9.10. The maximum atomic E-state index is 13.1. The highest BCUT2D eigenvalue weighted by Gasteiger charge is 2.32. The van der Waals surface area contributed by atoms with Gasteiger partial charge in [-0.1, -0.05) is 6.92 Å². The van der Waals surface area contributed by atoms with E-state index in [4.69, 9.17) is 9.47 Å². The average Bonchev–Trinajstić information content (AvgIpc) is 2.60. The van der Waals surface area contributed by atoms with E-state index in [-0.39, 0.29) is 10.9 Å². The fraction of sp³-hybridized carbons (Fsp3) is 0.625. The Morgan fingerprint density at radius 2 is 1.75 bits per heavy atom. The van der Waals surface area contributed by atoms with Crippen molar-refractivity contribution < 1.29 is 17.9 Å². The first-order valence-electron chi connectivity index (χ1n) is 7.97. The lowest BCUT2D eigenvalue weighted by molar-refractivity contribution is 0.176. The van der Waals surface area contributed by atoms with Crippen molar-refractivity contribution >= 4 is 26.0 Å². The number of ether oxygens (including phenoxy) is 2. The Labute approximate surface area is 152 Å². The summed E-state index contributed by atoms with van der Waals surface area (Å²) in [5.74, 6) is 0.885. The van der Waals surface area contributed by atoms with Crippen molar-refractivity contribution in [1.82, 2.24) is 9.21 Å². The lowest BCUT2D eigenvalue weighted by Gasteiger charge is -2.35. The molecular formula is C16H25BrN2O4S. The second-order valence-electron chi connectivity index (χ2n) is 5.82. The molecule has 0 unspecified atom stereocenters.